The minimum Gasteiger partial charge on any atom is -0.497 e. The molecule has 1 N–H and O–H groups in total. The Kier molecular flexibility index (Phi) is 10.9. The number of ether oxygens (including phenoxy) is 1. The largest absolute Gasteiger partial charge is 0.497 e. The Hall–Kier alpha value is -3.85. The maximum atomic E-state index is 13.9. The molecule has 0 saturated heterocycles. The first-order valence-electron chi connectivity index (χ1n) is 13.1. The van der Waals surface area contributed by atoms with Crippen LogP contribution in [0.3, 0.4) is 0 Å². The van der Waals surface area contributed by atoms with Gasteiger partial charge in [-0.2, -0.15) is 0 Å². The summed E-state index contributed by atoms with van der Waals surface area (Å²) in [5.41, 5.74) is 1.30. The van der Waals surface area contributed by atoms with Crippen molar-refractivity contribution in [2.24, 2.45) is 0 Å². The number of hydrogen-bond donors (Lipinski definition) is 1. The van der Waals surface area contributed by atoms with E-state index in [-0.39, 0.29) is 23.0 Å². The molecule has 3 rings (SSSR count). The lowest BCUT2D eigenvalue weighted by atomic mass is 10.1. The predicted molar refractivity (Wildman–Crippen MR) is 153 cm³/mol. The summed E-state index contributed by atoms with van der Waals surface area (Å²) in [7, 11) is -2.62. The number of anilines is 1. The number of amides is 2. The fourth-order valence-corrected chi connectivity index (χ4v) is 5.55. The van der Waals surface area contributed by atoms with Gasteiger partial charge in [0.2, 0.25) is 11.8 Å². The van der Waals surface area contributed by atoms with Crippen molar-refractivity contribution >= 4 is 27.5 Å². The Labute approximate surface area is 231 Å². The zero-order valence-corrected chi connectivity index (χ0v) is 23.6. The van der Waals surface area contributed by atoms with Crippen molar-refractivity contribution in [1.82, 2.24) is 10.2 Å². The summed E-state index contributed by atoms with van der Waals surface area (Å²) in [6.07, 6.45) is 2.28. The molecule has 2 amide bonds. The molecule has 0 radical (unpaired) electrons. The molecule has 8 nitrogen and oxygen atoms in total. The molecule has 0 heterocycles. The van der Waals surface area contributed by atoms with Gasteiger partial charge in [0.25, 0.3) is 10.0 Å². The predicted octanol–water partition coefficient (Wildman–Crippen LogP) is 4.27. The molecule has 0 fully saturated rings. The quantitative estimate of drug-likeness (QED) is 0.302. The number of rotatable bonds is 14. The van der Waals surface area contributed by atoms with Crippen LogP contribution in [0.2, 0.25) is 0 Å². The van der Waals surface area contributed by atoms with E-state index in [9.17, 15) is 18.0 Å². The van der Waals surface area contributed by atoms with E-state index in [0.717, 1.165) is 22.7 Å². The normalized spacial score (nSPS) is 11.9. The molecule has 3 aromatic rings. The molecule has 3 aromatic carbocycles. The van der Waals surface area contributed by atoms with E-state index >= 15 is 0 Å². The van der Waals surface area contributed by atoms with Gasteiger partial charge in [-0.05, 0) is 49.6 Å². The summed E-state index contributed by atoms with van der Waals surface area (Å²) in [5, 5.41) is 2.89. The molecule has 0 aliphatic rings. The minimum absolute atomic E-state index is 0.0572. The van der Waals surface area contributed by atoms with Crippen molar-refractivity contribution in [3.63, 3.8) is 0 Å². The molecule has 1 atom stereocenters. The Morgan fingerprint density at radius 3 is 2.26 bits per heavy atom. The van der Waals surface area contributed by atoms with Gasteiger partial charge < -0.3 is 15.0 Å². The molecule has 0 aliphatic heterocycles. The number of benzene rings is 3. The molecule has 0 aliphatic carbocycles. The smallest absolute Gasteiger partial charge is 0.264 e. The Morgan fingerprint density at radius 1 is 0.949 bits per heavy atom. The van der Waals surface area contributed by atoms with Crippen LogP contribution in [0, 0.1) is 0 Å². The lowest BCUT2D eigenvalue weighted by Crippen LogP contribution is -2.52. The van der Waals surface area contributed by atoms with Crippen LogP contribution in [0.5, 0.6) is 5.75 Å². The number of methoxy groups -OCH3 is 1. The third-order valence-electron chi connectivity index (χ3n) is 6.43. The second-order valence-corrected chi connectivity index (χ2v) is 11.0. The molecule has 0 spiro atoms. The number of sulfonamides is 1. The molecule has 0 unspecified atom stereocenters. The van der Waals surface area contributed by atoms with Crippen LogP contribution in [-0.2, 0) is 26.0 Å². The fourth-order valence-electron chi connectivity index (χ4n) is 4.12. The molecule has 0 aromatic heterocycles. The lowest BCUT2D eigenvalue weighted by molar-refractivity contribution is -0.138. The van der Waals surface area contributed by atoms with Crippen LogP contribution in [0.25, 0.3) is 0 Å². The molecular weight excluding hydrogens is 514 g/mol. The van der Waals surface area contributed by atoms with Crippen molar-refractivity contribution in [3.8, 4) is 5.75 Å². The third kappa shape index (κ3) is 8.07. The summed E-state index contributed by atoms with van der Waals surface area (Å²) < 4.78 is 34.0. The van der Waals surface area contributed by atoms with Gasteiger partial charge >= 0.3 is 0 Å². The van der Waals surface area contributed by atoms with Crippen LogP contribution in [0.15, 0.2) is 89.8 Å². The molecule has 9 heteroatoms. The highest BCUT2D eigenvalue weighted by atomic mass is 32.2. The molecule has 0 bridgehead atoms. The van der Waals surface area contributed by atoms with Gasteiger partial charge in [-0.3, -0.25) is 13.9 Å². The van der Waals surface area contributed by atoms with Gasteiger partial charge in [0.05, 0.1) is 17.7 Å². The van der Waals surface area contributed by atoms with Crippen molar-refractivity contribution < 1.29 is 22.7 Å². The highest BCUT2D eigenvalue weighted by Gasteiger charge is 2.32. The maximum Gasteiger partial charge on any atom is 0.264 e. The number of nitrogens with zero attached hydrogens (tertiary/aromatic N) is 2. The SMILES string of the molecule is CCCCNC(=O)[C@@H](C)N(CCc1ccccc1)C(=O)CN(c1cccc(OC)c1)S(=O)(=O)c1ccccc1. The van der Waals surface area contributed by atoms with Crippen LogP contribution in [-0.4, -0.2) is 57.9 Å². The number of nitrogens with one attached hydrogen (secondary N) is 1. The van der Waals surface area contributed by atoms with Gasteiger partial charge in [0.15, 0.2) is 0 Å². The van der Waals surface area contributed by atoms with Gasteiger partial charge in [-0.1, -0.05) is 67.9 Å². The van der Waals surface area contributed by atoms with Crippen molar-refractivity contribution in [3.05, 3.63) is 90.5 Å². The Morgan fingerprint density at radius 2 is 1.62 bits per heavy atom. The third-order valence-corrected chi connectivity index (χ3v) is 8.22. The maximum absolute atomic E-state index is 13.9. The number of hydrogen-bond acceptors (Lipinski definition) is 5. The first kappa shape index (κ1) is 29.7. The second kappa shape index (κ2) is 14.3. The van der Waals surface area contributed by atoms with E-state index in [1.54, 1.807) is 49.4 Å². The van der Waals surface area contributed by atoms with E-state index < -0.39 is 28.5 Å². The standard InChI is InChI=1S/C30H37N3O5S/c1-4-5-20-31-30(35)24(2)32(21-19-25-13-8-6-9-14-25)29(34)23-33(26-15-12-16-27(22-26)38-3)39(36,37)28-17-10-7-11-18-28/h6-18,22,24H,4-5,19-21,23H2,1-3H3,(H,31,35)/t24-/m1/s1. The van der Waals surface area contributed by atoms with Crippen LogP contribution >= 0.6 is 0 Å². The van der Waals surface area contributed by atoms with E-state index in [0.29, 0.717) is 18.7 Å². The van der Waals surface area contributed by atoms with Gasteiger partial charge in [-0.15, -0.1) is 0 Å². The molecule has 0 saturated carbocycles. The Bertz CT molecular complexity index is 1320. The fraction of sp³-hybridized carbons (Fsp3) is 0.333. The van der Waals surface area contributed by atoms with Crippen molar-refractivity contribution in [2.75, 3.05) is 31.0 Å². The zero-order chi connectivity index (χ0) is 28.3. The summed E-state index contributed by atoms with van der Waals surface area (Å²) in [6.45, 7) is 3.99. The lowest BCUT2D eigenvalue weighted by Gasteiger charge is -2.32. The highest BCUT2D eigenvalue weighted by molar-refractivity contribution is 7.92. The monoisotopic (exact) mass is 551 g/mol. The number of carbonyl (C=O) groups excluding carboxylic acids is 2. The van der Waals surface area contributed by atoms with Gasteiger partial charge in [0.1, 0.15) is 18.3 Å². The van der Waals surface area contributed by atoms with Crippen LogP contribution < -0.4 is 14.4 Å². The van der Waals surface area contributed by atoms with E-state index in [2.05, 4.69) is 5.32 Å². The highest BCUT2D eigenvalue weighted by Crippen LogP contribution is 2.27. The molecule has 39 heavy (non-hydrogen) atoms. The number of carbonyl (C=O) groups is 2. The first-order chi connectivity index (χ1) is 18.8. The minimum atomic E-state index is -4.11. The average molecular weight is 552 g/mol. The summed E-state index contributed by atoms with van der Waals surface area (Å²) >= 11 is 0. The van der Waals surface area contributed by atoms with Crippen molar-refractivity contribution in [1.29, 1.82) is 0 Å². The first-order valence-corrected chi connectivity index (χ1v) is 14.5. The average Bonchev–Trinajstić information content (AvgIpc) is 2.96. The van der Waals surface area contributed by atoms with E-state index in [4.69, 9.17) is 4.74 Å². The summed E-state index contributed by atoms with van der Waals surface area (Å²) in [6, 6.07) is 23.4. The zero-order valence-electron chi connectivity index (χ0n) is 22.7. The topological polar surface area (TPSA) is 96.0 Å². The summed E-state index contributed by atoms with van der Waals surface area (Å²) in [4.78, 5) is 28.4. The van der Waals surface area contributed by atoms with E-state index in [1.165, 1.54) is 24.1 Å². The van der Waals surface area contributed by atoms with E-state index in [1.807, 2.05) is 37.3 Å². The van der Waals surface area contributed by atoms with Crippen LogP contribution in [0.4, 0.5) is 5.69 Å². The number of unbranched alkanes of at least 4 members (excludes halogenated alkanes) is 1. The van der Waals surface area contributed by atoms with Crippen molar-refractivity contribution in [2.45, 2.75) is 44.0 Å². The van der Waals surface area contributed by atoms with Crippen LogP contribution in [0.1, 0.15) is 32.3 Å². The Balaban J connectivity index is 1.95. The van der Waals surface area contributed by atoms with Gasteiger partial charge in [0, 0.05) is 19.2 Å². The summed E-state index contributed by atoms with van der Waals surface area (Å²) in [5.74, 6) is -0.298. The molecule has 208 valence electrons. The van der Waals surface area contributed by atoms with Gasteiger partial charge in [-0.25, -0.2) is 8.42 Å². The molecular formula is C30H37N3O5S. The second-order valence-electron chi connectivity index (χ2n) is 9.17.